The van der Waals surface area contributed by atoms with Crippen LogP contribution in [-0.4, -0.2) is 47.2 Å². The molecule has 0 saturated carbocycles. The van der Waals surface area contributed by atoms with Gasteiger partial charge in [0.25, 0.3) is 0 Å². The smallest absolute Gasteiger partial charge is 0.165 e. The number of carbonyl (C=O) groups excluding carboxylic acids is 1. The van der Waals surface area contributed by atoms with Crippen molar-refractivity contribution in [1.29, 1.82) is 0 Å². The van der Waals surface area contributed by atoms with Crippen molar-refractivity contribution >= 4 is 6.29 Å². The van der Waals surface area contributed by atoms with Crippen molar-refractivity contribution in [1.82, 2.24) is 0 Å². The van der Waals surface area contributed by atoms with Gasteiger partial charge in [0, 0.05) is 0 Å². The molecule has 0 spiro atoms. The lowest BCUT2D eigenvalue weighted by atomic mass is 10.0. The standard InChI is InChI=1S/C8H14O5/c1-7(2)12-6(3-9)8(4-10,5-11)13-7/h3,6,10-11H,4-5H2,1-2H3. The quantitative estimate of drug-likeness (QED) is 0.562. The largest absolute Gasteiger partial charge is 0.393 e. The van der Waals surface area contributed by atoms with Crippen LogP contribution in [0.3, 0.4) is 0 Å². The van der Waals surface area contributed by atoms with E-state index in [9.17, 15) is 4.79 Å². The van der Waals surface area contributed by atoms with E-state index in [2.05, 4.69) is 0 Å². The molecule has 1 fully saturated rings. The van der Waals surface area contributed by atoms with Gasteiger partial charge in [-0.05, 0) is 13.8 Å². The molecule has 13 heavy (non-hydrogen) atoms. The number of aldehydes is 1. The molecule has 0 aromatic carbocycles. The number of hydrogen-bond acceptors (Lipinski definition) is 5. The number of ether oxygens (including phenoxy) is 2. The second-order valence-corrected chi connectivity index (χ2v) is 3.56. The van der Waals surface area contributed by atoms with Gasteiger partial charge in [-0.3, -0.25) is 0 Å². The minimum Gasteiger partial charge on any atom is -0.393 e. The predicted molar refractivity (Wildman–Crippen MR) is 43.0 cm³/mol. The van der Waals surface area contributed by atoms with Crippen molar-refractivity contribution in [3.05, 3.63) is 0 Å². The molecule has 5 heteroatoms. The highest BCUT2D eigenvalue weighted by molar-refractivity contribution is 5.59. The topological polar surface area (TPSA) is 76.0 Å². The molecule has 1 unspecified atom stereocenters. The van der Waals surface area contributed by atoms with Crippen LogP contribution in [0, 0.1) is 0 Å². The molecule has 1 saturated heterocycles. The average Bonchev–Trinajstić information content (AvgIpc) is 2.37. The first-order valence-electron chi connectivity index (χ1n) is 4.05. The van der Waals surface area contributed by atoms with Crippen LogP contribution in [-0.2, 0) is 14.3 Å². The van der Waals surface area contributed by atoms with Crippen molar-refractivity contribution in [2.75, 3.05) is 13.2 Å². The Morgan fingerprint density at radius 1 is 1.38 bits per heavy atom. The van der Waals surface area contributed by atoms with Gasteiger partial charge >= 0.3 is 0 Å². The molecule has 1 atom stereocenters. The summed E-state index contributed by atoms with van der Waals surface area (Å²) in [5.74, 6) is -0.947. The molecule has 0 amide bonds. The molecule has 1 aliphatic heterocycles. The summed E-state index contributed by atoms with van der Waals surface area (Å²) >= 11 is 0. The SMILES string of the molecule is CC1(C)OC(C=O)C(CO)(CO)O1. The van der Waals surface area contributed by atoms with Gasteiger partial charge in [0.2, 0.25) is 0 Å². The molecule has 76 valence electrons. The molecule has 1 heterocycles. The minimum absolute atomic E-state index is 0.448. The first-order chi connectivity index (χ1) is 5.99. The third-order valence-electron chi connectivity index (χ3n) is 2.04. The highest BCUT2D eigenvalue weighted by Gasteiger charge is 2.52. The van der Waals surface area contributed by atoms with Gasteiger partial charge in [-0.25, -0.2) is 0 Å². The lowest BCUT2D eigenvalue weighted by Gasteiger charge is -2.26. The van der Waals surface area contributed by atoms with Crippen molar-refractivity contribution in [2.45, 2.75) is 31.3 Å². The van der Waals surface area contributed by atoms with E-state index in [1.165, 1.54) is 0 Å². The van der Waals surface area contributed by atoms with Crippen molar-refractivity contribution in [2.24, 2.45) is 0 Å². The first kappa shape index (κ1) is 10.6. The van der Waals surface area contributed by atoms with Gasteiger partial charge < -0.3 is 24.5 Å². The molecule has 2 N–H and O–H groups in total. The summed E-state index contributed by atoms with van der Waals surface area (Å²) in [6.45, 7) is 2.35. The number of rotatable bonds is 3. The Kier molecular flexibility index (Phi) is 2.72. The van der Waals surface area contributed by atoms with Gasteiger partial charge in [0.1, 0.15) is 6.10 Å². The van der Waals surface area contributed by atoms with Crippen molar-refractivity contribution in [3.8, 4) is 0 Å². The predicted octanol–water partition coefficient (Wildman–Crippen LogP) is -0.940. The molecule has 5 nitrogen and oxygen atoms in total. The fourth-order valence-electron chi connectivity index (χ4n) is 1.43. The second kappa shape index (κ2) is 3.34. The highest BCUT2D eigenvalue weighted by Crippen LogP contribution is 2.34. The first-order valence-corrected chi connectivity index (χ1v) is 4.05. The Hall–Kier alpha value is -0.490. The molecule has 0 radical (unpaired) electrons. The summed E-state index contributed by atoms with van der Waals surface area (Å²) in [6.07, 6.45) is -0.390. The zero-order chi connectivity index (χ0) is 10.1. The van der Waals surface area contributed by atoms with Gasteiger partial charge in [-0.15, -0.1) is 0 Å². The van der Waals surface area contributed by atoms with E-state index < -0.39 is 30.7 Å². The highest BCUT2D eigenvalue weighted by atomic mass is 16.8. The van der Waals surface area contributed by atoms with Crippen LogP contribution < -0.4 is 0 Å². The molecule has 0 aliphatic carbocycles. The van der Waals surface area contributed by atoms with E-state index in [1.54, 1.807) is 13.8 Å². The zero-order valence-corrected chi connectivity index (χ0v) is 7.69. The van der Waals surface area contributed by atoms with E-state index in [0.717, 1.165) is 0 Å². The molecule has 0 aromatic rings. The molecular formula is C8H14O5. The summed E-state index contributed by atoms with van der Waals surface area (Å²) in [5, 5.41) is 18.1. The van der Waals surface area contributed by atoms with Gasteiger partial charge in [0.15, 0.2) is 17.7 Å². The maximum Gasteiger partial charge on any atom is 0.165 e. The third kappa shape index (κ3) is 1.73. The maximum atomic E-state index is 10.6. The van der Waals surface area contributed by atoms with Crippen LogP contribution in [0.1, 0.15) is 13.8 Å². The van der Waals surface area contributed by atoms with Gasteiger partial charge in [0.05, 0.1) is 13.2 Å². The van der Waals surface area contributed by atoms with E-state index in [4.69, 9.17) is 19.7 Å². The lowest BCUT2D eigenvalue weighted by molar-refractivity contribution is -0.178. The van der Waals surface area contributed by atoms with Crippen LogP contribution in [0.25, 0.3) is 0 Å². The van der Waals surface area contributed by atoms with Crippen LogP contribution in [0.4, 0.5) is 0 Å². The Labute approximate surface area is 76.3 Å². The zero-order valence-electron chi connectivity index (χ0n) is 7.69. The molecule has 0 aromatic heterocycles. The monoisotopic (exact) mass is 190 g/mol. The fourth-order valence-corrected chi connectivity index (χ4v) is 1.43. The fraction of sp³-hybridized carbons (Fsp3) is 0.875. The molecule has 1 rings (SSSR count). The molecule has 1 aliphatic rings. The van der Waals surface area contributed by atoms with Crippen LogP contribution in [0.2, 0.25) is 0 Å². The number of aliphatic hydroxyl groups is 2. The Morgan fingerprint density at radius 2 is 1.92 bits per heavy atom. The summed E-state index contributed by atoms with van der Waals surface area (Å²) in [4.78, 5) is 10.6. The maximum absolute atomic E-state index is 10.6. The molecule has 0 bridgehead atoms. The van der Waals surface area contributed by atoms with Crippen molar-refractivity contribution < 1.29 is 24.5 Å². The second-order valence-electron chi connectivity index (χ2n) is 3.56. The molecular weight excluding hydrogens is 176 g/mol. The Balaban J connectivity index is 2.89. The van der Waals surface area contributed by atoms with Gasteiger partial charge in [-0.1, -0.05) is 0 Å². The van der Waals surface area contributed by atoms with E-state index in [1.807, 2.05) is 0 Å². The van der Waals surface area contributed by atoms with Crippen molar-refractivity contribution in [3.63, 3.8) is 0 Å². The number of aliphatic hydroxyl groups excluding tert-OH is 2. The van der Waals surface area contributed by atoms with E-state index in [-0.39, 0.29) is 0 Å². The summed E-state index contributed by atoms with van der Waals surface area (Å²) < 4.78 is 10.5. The minimum atomic E-state index is -1.30. The summed E-state index contributed by atoms with van der Waals surface area (Å²) in [6, 6.07) is 0. The van der Waals surface area contributed by atoms with E-state index >= 15 is 0 Å². The van der Waals surface area contributed by atoms with E-state index in [0.29, 0.717) is 6.29 Å². The lowest BCUT2D eigenvalue weighted by Crippen LogP contribution is -2.48. The Morgan fingerprint density at radius 3 is 2.23 bits per heavy atom. The Bertz CT molecular complexity index is 197. The number of hydrogen-bond donors (Lipinski definition) is 2. The third-order valence-corrected chi connectivity index (χ3v) is 2.04. The summed E-state index contributed by atoms with van der Waals surface area (Å²) in [7, 11) is 0. The summed E-state index contributed by atoms with van der Waals surface area (Å²) in [5.41, 5.74) is -1.30. The number of carbonyl (C=O) groups is 1. The van der Waals surface area contributed by atoms with Crippen LogP contribution in [0.5, 0.6) is 0 Å². The average molecular weight is 190 g/mol. The normalized spacial score (nSPS) is 30.3. The van der Waals surface area contributed by atoms with Gasteiger partial charge in [-0.2, -0.15) is 0 Å². The van der Waals surface area contributed by atoms with Crippen LogP contribution >= 0.6 is 0 Å². The van der Waals surface area contributed by atoms with Crippen LogP contribution in [0.15, 0.2) is 0 Å².